The summed E-state index contributed by atoms with van der Waals surface area (Å²) < 4.78 is 20.4. The van der Waals surface area contributed by atoms with Gasteiger partial charge in [-0.15, -0.1) is 0 Å². The summed E-state index contributed by atoms with van der Waals surface area (Å²) in [5.41, 5.74) is 3.70. The molecule has 3 aromatic carbocycles. The molecule has 4 rings (SSSR count). The molecule has 1 amide bonds. The fourth-order valence-electron chi connectivity index (χ4n) is 4.43. The van der Waals surface area contributed by atoms with Gasteiger partial charge < -0.3 is 9.64 Å². The van der Waals surface area contributed by atoms with Gasteiger partial charge in [-0.2, -0.15) is 0 Å². The second-order valence-electron chi connectivity index (χ2n) is 8.63. The van der Waals surface area contributed by atoms with E-state index in [9.17, 15) is 9.18 Å². The van der Waals surface area contributed by atoms with Crippen molar-refractivity contribution < 1.29 is 13.9 Å². The van der Waals surface area contributed by atoms with Gasteiger partial charge in [-0.1, -0.05) is 72.3 Å². The number of nitrogens with zero attached hydrogens (tertiary/aromatic N) is 1. The molecule has 0 spiro atoms. The van der Waals surface area contributed by atoms with Crippen LogP contribution < -0.4 is 9.64 Å². The third-order valence-corrected chi connectivity index (χ3v) is 6.80. The minimum atomic E-state index is -0.268. The second-order valence-corrected chi connectivity index (χ2v) is 9.54. The molecule has 0 saturated carbocycles. The van der Waals surface area contributed by atoms with Crippen molar-refractivity contribution in [3.05, 3.63) is 101 Å². The normalized spacial score (nSPS) is 17.4. The molecule has 1 heterocycles. The average molecular weight is 522 g/mol. The van der Waals surface area contributed by atoms with Gasteiger partial charge in [0.1, 0.15) is 11.6 Å². The van der Waals surface area contributed by atoms with Crippen molar-refractivity contribution in [2.75, 3.05) is 11.5 Å². The Labute approximate surface area is 209 Å². The maximum absolute atomic E-state index is 13.4. The zero-order chi connectivity index (χ0) is 24.1. The molecule has 176 valence electrons. The van der Waals surface area contributed by atoms with Crippen molar-refractivity contribution in [2.45, 2.75) is 38.6 Å². The van der Waals surface area contributed by atoms with Crippen LogP contribution in [0.15, 0.2) is 83.8 Å². The number of β-lactam (4-membered cyclic amide) rings is 1. The molecule has 0 radical (unpaired) electrons. The highest BCUT2D eigenvalue weighted by Gasteiger charge is 2.49. The number of allylic oxidation sites excluding steroid dienone is 1. The number of carbonyl (C=O) groups is 1. The maximum atomic E-state index is 13.4. The van der Waals surface area contributed by atoms with Crippen LogP contribution in [0.5, 0.6) is 5.75 Å². The molecule has 3 aromatic rings. The van der Waals surface area contributed by atoms with Crippen molar-refractivity contribution in [2.24, 2.45) is 5.92 Å². The minimum Gasteiger partial charge on any atom is -0.493 e. The number of benzene rings is 3. The molecule has 3 nitrogen and oxygen atoms in total. The Morgan fingerprint density at radius 3 is 2.53 bits per heavy atom. The highest BCUT2D eigenvalue weighted by atomic mass is 79.9. The minimum absolute atomic E-state index is 0.102. The van der Waals surface area contributed by atoms with Crippen LogP contribution in [0.3, 0.4) is 0 Å². The first kappa shape index (κ1) is 24.2. The molecule has 2 atom stereocenters. The van der Waals surface area contributed by atoms with Gasteiger partial charge in [0.2, 0.25) is 5.91 Å². The molecule has 1 aliphatic rings. The number of unbranched alkanes of at least 4 members (excludes halogenated alkanes) is 1. The van der Waals surface area contributed by atoms with Crippen LogP contribution in [-0.4, -0.2) is 12.5 Å². The maximum Gasteiger partial charge on any atom is 0.233 e. The molecule has 1 aliphatic heterocycles. The van der Waals surface area contributed by atoms with Gasteiger partial charge >= 0.3 is 0 Å². The number of para-hydroxylation sites is 1. The van der Waals surface area contributed by atoms with Crippen molar-refractivity contribution >= 4 is 33.1 Å². The summed E-state index contributed by atoms with van der Waals surface area (Å²) in [7, 11) is 0. The summed E-state index contributed by atoms with van der Waals surface area (Å²) in [6.45, 7) is 6.96. The van der Waals surface area contributed by atoms with Crippen LogP contribution in [0.1, 0.15) is 49.8 Å². The third kappa shape index (κ3) is 5.25. The number of anilines is 1. The number of carbonyl (C=O) groups excluding carboxylic acids is 1. The first-order chi connectivity index (χ1) is 16.5. The van der Waals surface area contributed by atoms with E-state index in [0.717, 1.165) is 45.5 Å². The summed E-state index contributed by atoms with van der Waals surface area (Å²) >= 11 is 3.56. The van der Waals surface area contributed by atoms with Crippen LogP contribution in [0.4, 0.5) is 10.1 Å². The zero-order valence-electron chi connectivity index (χ0n) is 19.3. The Bertz CT molecular complexity index is 1150. The van der Waals surface area contributed by atoms with E-state index in [1.165, 1.54) is 12.1 Å². The summed E-state index contributed by atoms with van der Waals surface area (Å²) in [6.07, 6.45) is 3.34. The number of rotatable bonds is 10. The summed E-state index contributed by atoms with van der Waals surface area (Å²) in [5, 5.41) is 0. The molecule has 0 aliphatic carbocycles. The number of hydrogen-bond donors (Lipinski definition) is 0. The number of ether oxygens (including phenoxy) is 1. The molecule has 34 heavy (non-hydrogen) atoms. The van der Waals surface area contributed by atoms with E-state index in [4.69, 9.17) is 4.74 Å². The lowest BCUT2D eigenvalue weighted by molar-refractivity contribution is -0.130. The van der Waals surface area contributed by atoms with Gasteiger partial charge in [0, 0.05) is 15.7 Å². The number of halogens is 2. The second kappa shape index (κ2) is 11.0. The molecule has 0 N–H and O–H groups in total. The quantitative estimate of drug-likeness (QED) is 0.200. The Kier molecular flexibility index (Phi) is 7.84. The lowest BCUT2D eigenvalue weighted by Crippen LogP contribution is -2.55. The van der Waals surface area contributed by atoms with Crippen molar-refractivity contribution in [3.63, 3.8) is 0 Å². The van der Waals surface area contributed by atoms with Crippen LogP contribution in [0.25, 0.3) is 5.57 Å². The zero-order valence-corrected chi connectivity index (χ0v) is 20.9. The molecule has 5 heteroatoms. The van der Waals surface area contributed by atoms with E-state index in [2.05, 4.69) is 35.5 Å². The van der Waals surface area contributed by atoms with Crippen LogP contribution in [0.2, 0.25) is 0 Å². The highest BCUT2D eigenvalue weighted by Crippen LogP contribution is 2.49. The van der Waals surface area contributed by atoms with E-state index in [0.29, 0.717) is 19.4 Å². The van der Waals surface area contributed by atoms with Crippen LogP contribution in [0, 0.1) is 11.7 Å². The monoisotopic (exact) mass is 521 g/mol. The Hall–Kier alpha value is -2.92. The SMILES string of the molecule is C=C(CC[C@H]1C(=O)N(c2ccccc2)C1c1ccc(Br)cc1OCCCC)c1ccc(F)cc1. The Balaban J connectivity index is 1.61. The fraction of sp³-hybridized carbons (Fsp3) is 0.276. The van der Waals surface area contributed by atoms with Gasteiger partial charge in [-0.3, -0.25) is 4.79 Å². The lowest BCUT2D eigenvalue weighted by atomic mass is 9.77. The highest BCUT2D eigenvalue weighted by molar-refractivity contribution is 9.10. The summed E-state index contributed by atoms with van der Waals surface area (Å²) in [4.78, 5) is 15.3. The van der Waals surface area contributed by atoms with Gasteiger partial charge in [-0.25, -0.2) is 4.39 Å². The predicted octanol–water partition coefficient (Wildman–Crippen LogP) is 7.96. The summed E-state index contributed by atoms with van der Waals surface area (Å²) in [6, 6.07) is 22.1. The first-order valence-electron chi connectivity index (χ1n) is 11.7. The summed E-state index contributed by atoms with van der Waals surface area (Å²) in [5.74, 6) is 0.455. The van der Waals surface area contributed by atoms with Crippen molar-refractivity contribution in [3.8, 4) is 5.75 Å². The smallest absolute Gasteiger partial charge is 0.233 e. The lowest BCUT2D eigenvalue weighted by Gasteiger charge is -2.48. The van der Waals surface area contributed by atoms with E-state index in [-0.39, 0.29) is 23.7 Å². The van der Waals surface area contributed by atoms with Gasteiger partial charge in [0.25, 0.3) is 0 Å². The molecule has 0 bridgehead atoms. The molecule has 1 saturated heterocycles. The van der Waals surface area contributed by atoms with E-state index in [1.54, 1.807) is 12.1 Å². The number of hydrogen-bond acceptors (Lipinski definition) is 2. The fourth-order valence-corrected chi connectivity index (χ4v) is 4.77. The van der Waals surface area contributed by atoms with Crippen LogP contribution >= 0.6 is 15.9 Å². The topological polar surface area (TPSA) is 29.5 Å². The average Bonchev–Trinajstić information content (AvgIpc) is 2.84. The Morgan fingerprint density at radius 1 is 1.09 bits per heavy atom. The predicted molar refractivity (Wildman–Crippen MR) is 139 cm³/mol. The molecule has 1 fully saturated rings. The first-order valence-corrected chi connectivity index (χ1v) is 12.5. The molecule has 1 unspecified atom stereocenters. The van der Waals surface area contributed by atoms with E-state index < -0.39 is 0 Å². The molecular formula is C29H29BrFNO2. The standard InChI is InChI=1S/C29H29BrFNO2/c1-3-4-18-34-27-19-22(30)13-17-25(27)28-26(29(33)32(28)24-8-6-5-7-9-24)16-10-20(2)21-11-14-23(31)15-12-21/h5-9,11-15,17,19,26,28H,2-4,10,16,18H2,1H3/t26-,28?/m1/s1. The molecular weight excluding hydrogens is 493 g/mol. The van der Waals surface area contributed by atoms with Gasteiger partial charge in [0.05, 0.1) is 18.6 Å². The van der Waals surface area contributed by atoms with Crippen molar-refractivity contribution in [1.82, 2.24) is 0 Å². The largest absolute Gasteiger partial charge is 0.493 e. The van der Waals surface area contributed by atoms with E-state index >= 15 is 0 Å². The molecule has 0 aromatic heterocycles. The third-order valence-electron chi connectivity index (χ3n) is 6.31. The van der Waals surface area contributed by atoms with Gasteiger partial charge in [0.15, 0.2) is 0 Å². The van der Waals surface area contributed by atoms with Gasteiger partial charge in [-0.05, 0) is 66.8 Å². The Morgan fingerprint density at radius 2 is 1.82 bits per heavy atom. The van der Waals surface area contributed by atoms with Crippen molar-refractivity contribution in [1.29, 1.82) is 0 Å². The number of amides is 1. The van der Waals surface area contributed by atoms with E-state index in [1.807, 2.05) is 47.4 Å². The van der Waals surface area contributed by atoms with Crippen LogP contribution in [-0.2, 0) is 4.79 Å².